The zero-order valence-corrected chi connectivity index (χ0v) is 8.96. The van der Waals surface area contributed by atoms with E-state index in [1.165, 1.54) is 0 Å². The lowest BCUT2D eigenvalue weighted by Crippen LogP contribution is -2.19. The fraction of sp³-hybridized carbons (Fsp3) is 0.0909. The van der Waals surface area contributed by atoms with Crippen LogP contribution in [0.25, 0.3) is 0 Å². The van der Waals surface area contributed by atoms with Crippen molar-refractivity contribution in [3.05, 3.63) is 48.0 Å². The van der Waals surface area contributed by atoms with Gasteiger partial charge in [-0.15, -0.1) is 6.58 Å². The van der Waals surface area contributed by atoms with Gasteiger partial charge in [0.05, 0.1) is 11.1 Å². The third-order valence-electron chi connectivity index (χ3n) is 1.77. The van der Waals surface area contributed by atoms with E-state index in [-0.39, 0.29) is 11.8 Å². The van der Waals surface area contributed by atoms with E-state index in [0.29, 0.717) is 11.1 Å². The number of rotatable bonds is 1. The third-order valence-corrected chi connectivity index (χ3v) is 2.03. The first kappa shape index (κ1) is 11.5. The molecule has 1 N–H and O–H groups in total. The summed E-state index contributed by atoms with van der Waals surface area (Å²) >= 11 is 3.80. The van der Waals surface area contributed by atoms with Crippen molar-refractivity contribution in [2.24, 2.45) is 0 Å². The van der Waals surface area contributed by atoms with Gasteiger partial charge in [0, 0.05) is 5.75 Å². The minimum Gasteiger partial charge on any atom is -0.288 e. The van der Waals surface area contributed by atoms with Crippen LogP contribution in [0.15, 0.2) is 36.9 Å². The molecule has 2 amide bonds. The van der Waals surface area contributed by atoms with E-state index >= 15 is 0 Å². The zero-order chi connectivity index (χ0) is 11.3. The molecular weight excluding hydrogens is 210 g/mol. The van der Waals surface area contributed by atoms with Crippen molar-refractivity contribution < 1.29 is 9.59 Å². The fourth-order valence-electron chi connectivity index (χ4n) is 1.12. The van der Waals surface area contributed by atoms with E-state index in [2.05, 4.69) is 24.5 Å². The SMILES string of the molecule is C=CCS.O=C1NC(=O)c2ccccc21. The molecule has 0 fully saturated rings. The molecule has 1 heterocycles. The molecule has 0 bridgehead atoms. The van der Waals surface area contributed by atoms with Gasteiger partial charge in [0.2, 0.25) is 0 Å². The van der Waals surface area contributed by atoms with Crippen LogP contribution in [0.2, 0.25) is 0 Å². The second-order valence-electron chi connectivity index (χ2n) is 2.80. The highest BCUT2D eigenvalue weighted by Crippen LogP contribution is 2.13. The summed E-state index contributed by atoms with van der Waals surface area (Å²) in [6.07, 6.45) is 1.74. The van der Waals surface area contributed by atoms with Crippen molar-refractivity contribution in [3.63, 3.8) is 0 Å². The van der Waals surface area contributed by atoms with E-state index < -0.39 is 0 Å². The van der Waals surface area contributed by atoms with Crippen LogP contribution >= 0.6 is 12.6 Å². The largest absolute Gasteiger partial charge is 0.288 e. The molecule has 1 aromatic rings. The number of hydrogen-bond acceptors (Lipinski definition) is 3. The Bertz CT molecular complexity index is 368. The molecule has 2 rings (SSSR count). The highest BCUT2D eigenvalue weighted by molar-refractivity contribution is 7.80. The molecule has 4 heteroatoms. The van der Waals surface area contributed by atoms with Crippen LogP contribution in [0.3, 0.4) is 0 Å². The zero-order valence-electron chi connectivity index (χ0n) is 8.06. The Morgan fingerprint density at radius 2 is 1.60 bits per heavy atom. The maximum Gasteiger partial charge on any atom is 0.258 e. The summed E-state index contributed by atoms with van der Waals surface area (Å²) in [7, 11) is 0. The summed E-state index contributed by atoms with van der Waals surface area (Å²) < 4.78 is 0. The molecule has 0 aliphatic carbocycles. The number of benzene rings is 1. The summed E-state index contributed by atoms with van der Waals surface area (Å²) in [5.74, 6) is 0.177. The summed E-state index contributed by atoms with van der Waals surface area (Å²) in [4.78, 5) is 21.9. The van der Waals surface area contributed by atoms with Crippen LogP contribution in [0.1, 0.15) is 20.7 Å². The molecule has 0 saturated heterocycles. The van der Waals surface area contributed by atoms with Crippen molar-refractivity contribution in [1.29, 1.82) is 0 Å². The van der Waals surface area contributed by atoms with Crippen molar-refractivity contribution in [2.45, 2.75) is 0 Å². The lowest BCUT2D eigenvalue weighted by Gasteiger charge is -1.88. The van der Waals surface area contributed by atoms with Crippen LogP contribution in [0.5, 0.6) is 0 Å². The average Bonchev–Trinajstić information content (AvgIpc) is 2.56. The molecule has 0 saturated carbocycles. The second kappa shape index (κ2) is 5.36. The smallest absolute Gasteiger partial charge is 0.258 e. The normalized spacial score (nSPS) is 12.3. The van der Waals surface area contributed by atoms with Crippen molar-refractivity contribution in [3.8, 4) is 0 Å². The van der Waals surface area contributed by atoms with Gasteiger partial charge < -0.3 is 0 Å². The highest BCUT2D eigenvalue weighted by Gasteiger charge is 2.25. The summed E-state index contributed by atoms with van der Waals surface area (Å²) in [5.41, 5.74) is 0.940. The Hall–Kier alpha value is -1.55. The number of amides is 2. The topological polar surface area (TPSA) is 46.2 Å². The Labute approximate surface area is 93.6 Å². The number of imide groups is 1. The molecule has 3 nitrogen and oxygen atoms in total. The minimum absolute atomic E-state index is 0.300. The van der Waals surface area contributed by atoms with E-state index in [9.17, 15) is 9.59 Å². The molecule has 1 aliphatic rings. The standard InChI is InChI=1S/C8H5NO2.C3H6S/c10-7-5-3-1-2-4-6(5)8(11)9-7;1-2-3-4/h1-4H,(H,9,10,11);2,4H,1,3H2. The van der Waals surface area contributed by atoms with Crippen LogP contribution in [0, 0.1) is 0 Å². The van der Waals surface area contributed by atoms with Gasteiger partial charge in [0.15, 0.2) is 0 Å². The molecule has 0 unspecified atom stereocenters. The van der Waals surface area contributed by atoms with Crippen molar-refractivity contribution >= 4 is 24.4 Å². The van der Waals surface area contributed by atoms with Crippen molar-refractivity contribution in [2.75, 3.05) is 5.75 Å². The maximum atomic E-state index is 10.9. The first-order chi connectivity index (χ1) is 7.20. The van der Waals surface area contributed by atoms with Gasteiger partial charge in [-0.25, -0.2) is 0 Å². The molecule has 1 aliphatic heterocycles. The second-order valence-corrected chi connectivity index (χ2v) is 3.17. The summed E-state index contributed by atoms with van der Waals surface area (Å²) in [6.45, 7) is 3.40. The molecule has 1 aromatic carbocycles. The first-order valence-corrected chi connectivity index (χ1v) is 5.00. The lowest BCUT2D eigenvalue weighted by molar-refractivity contribution is 0.0879. The first-order valence-electron chi connectivity index (χ1n) is 4.37. The molecule has 0 spiro atoms. The number of fused-ring (bicyclic) bond motifs is 1. The van der Waals surface area contributed by atoms with E-state index in [0.717, 1.165) is 5.75 Å². The molecule has 78 valence electrons. The molecule has 15 heavy (non-hydrogen) atoms. The number of carbonyl (C=O) groups excluding carboxylic acids is 2. The highest BCUT2D eigenvalue weighted by atomic mass is 32.1. The summed E-state index contributed by atoms with van der Waals surface area (Å²) in [5, 5.41) is 2.20. The Morgan fingerprint density at radius 1 is 1.20 bits per heavy atom. The Kier molecular flexibility index (Phi) is 4.12. The quantitative estimate of drug-likeness (QED) is 0.430. The lowest BCUT2D eigenvalue weighted by atomic mass is 10.1. The Morgan fingerprint density at radius 3 is 1.93 bits per heavy atom. The number of hydrogen-bond donors (Lipinski definition) is 2. The number of nitrogens with one attached hydrogen (secondary N) is 1. The van der Waals surface area contributed by atoms with Gasteiger partial charge in [-0.05, 0) is 12.1 Å². The number of thiol groups is 1. The molecule has 0 radical (unpaired) electrons. The Balaban J connectivity index is 0.000000245. The van der Waals surface area contributed by atoms with Gasteiger partial charge >= 0.3 is 0 Å². The van der Waals surface area contributed by atoms with Gasteiger partial charge in [-0.1, -0.05) is 18.2 Å². The van der Waals surface area contributed by atoms with Gasteiger partial charge in [-0.3, -0.25) is 14.9 Å². The predicted octanol–water partition coefficient (Wildman–Crippen LogP) is 1.67. The maximum absolute atomic E-state index is 10.9. The minimum atomic E-state index is -0.300. The average molecular weight is 221 g/mol. The molecular formula is C11H11NO2S. The molecule has 0 atom stereocenters. The van der Waals surface area contributed by atoms with Crippen LogP contribution in [-0.4, -0.2) is 17.6 Å². The third kappa shape index (κ3) is 2.70. The fourth-order valence-corrected chi connectivity index (χ4v) is 1.12. The van der Waals surface area contributed by atoms with Gasteiger partial charge in [-0.2, -0.15) is 12.6 Å². The number of carbonyl (C=O) groups is 2. The summed E-state index contributed by atoms with van der Waals surface area (Å²) in [6, 6.07) is 6.74. The van der Waals surface area contributed by atoms with E-state index in [1.54, 1.807) is 30.3 Å². The van der Waals surface area contributed by atoms with Crippen LogP contribution < -0.4 is 5.32 Å². The van der Waals surface area contributed by atoms with Crippen LogP contribution in [0.4, 0.5) is 0 Å². The van der Waals surface area contributed by atoms with Gasteiger partial charge in [0.1, 0.15) is 0 Å². The van der Waals surface area contributed by atoms with Gasteiger partial charge in [0.25, 0.3) is 11.8 Å². The van der Waals surface area contributed by atoms with E-state index in [4.69, 9.17) is 0 Å². The predicted molar refractivity (Wildman–Crippen MR) is 62.3 cm³/mol. The van der Waals surface area contributed by atoms with E-state index in [1.807, 2.05) is 0 Å². The van der Waals surface area contributed by atoms with Crippen LogP contribution in [-0.2, 0) is 0 Å². The monoisotopic (exact) mass is 221 g/mol. The molecule has 0 aromatic heterocycles. The van der Waals surface area contributed by atoms with Crippen molar-refractivity contribution in [1.82, 2.24) is 5.32 Å².